The van der Waals surface area contributed by atoms with E-state index >= 15 is 0 Å². The maximum Gasteiger partial charge on any atom is 0.416 e. The third-order valence-electron chi connectivity index (χ3n) is 4.16. The quantitative estimate of drug-likeness (QED) is 0.897. The molecule has 0 aliphatic carbocycles. The van der Waals surface area contributed by atoms with Gasteiger partial charge in [-0.2, -0.15) is 13.2 Å². The predicted molar refractivity (Wildman–Crippen MR) is 73.5 cm³/mol. The number of halogens is 3. The van der Waals surface area contributed by atoms with Crippen LogP contribution in [0.5, 0.6) is 0 Å². The lowest BCUT2D eigenvalue weighted by Crippen LogP contribution is -2.42. The number of alkyl halides is 3. The van der Waals surface area contributed by atoms with Crippen LogP contribution < -0.4 is 10.6 Å². The molecule has 1 unspecified atom stereocenters. The SMILES string of the molecule is CCC1(C(=O)NCc2ccccc2C(F)(F)F)CCNC1. The first-order valence-corrected chi connectivity index (χ1v) is 7.03. The summed E-state index contributed by atoms with van der Waals surface area (Å²) in [6.45, 7) is 3.17. The van der Waals surface area contributed by atoms with Crippen LogP contribution in [-0.4, -0.2) is 19.0 Å². The van der Waals surface area contributed by atoms with Crippen molar-refractivity contribution in [3.8, 4) is 0 Å². The van der Waals surface area contributed by atoms with Crippen LogP contribution in [0.2, 0.25) is 0 Å². The van der Waals surface area contributed by atoms with E-state index < -0.39 is 17.2 Å². The molecule has 1 amide bonds. The van der Waals surface area contributed by atoms with Gasteiger partial charge in [0.1, 0.15) is 0 Å². The van der Waals surface area contributed by atoms with Gasteiger partial charge in [-0.1, -0.05) is 25.1 Å². The van der Waals surface area contributed by atoms with Gasteiger partial charge in [-0.05, 0) is 31.0 Å². The van der Waals surface area contributed by atoms with Gasteiger partial charge >= 0.3 is 6.18 Å². The summed E-state index contributed by atoms with van der Waals surface area (Å²) in [5.41, 5.74) is -1.09. The Morgan fingerprint density at radius 3 is 2.67 bits per heavy atom. The first-order chi connectivity index (χ1) is 9.89. The Hall–Kier alpha value is -1.56. The summed E-state index contributed by atoms with van der Waals surface area (Å²) in [7, 11) is 0. The number of hydrogen-bond donors (Lipinski definition) is 2. The van der Waals surface area contributed by atoms with Crippen molar-refractivity contribution in [2.24, 2.45) is 5.41 Å². The molecule has 0 spiro atoms. The molecule has 0 aromatic heterocycles. The lowest BCUT2D eigenvalue weighted by atomic mass is 9.83. The van der Waals surface area contributed by atoms with Gasteiger partial charge in [-0.15, -0.1) is 0 Å². The number of nitrogens with one attached hydrogen (secondary N) is 2. The maximum absolute atomic E-state index is 12.9. The molecule has 3 nitrogen and oxygen atoms in total. The summed E-state index contributed by atoms with van der Waals surface area (Å²) >= 11 is 0. The van der Waals surface area contributed by atoms with Crippen molar-refractivity contribution in [1.82, 2.24) is 10.6 Å². The van der Waals surface area contributed by atoms with E-state index in [-0.39, 0.29) is 18.0 Å². The van der Waals surface area contributed by atoms with Crippen LogP contribution in [0.15, 0.2) is 24.3 Å². The van der Waals surface area contributed by atoms with Crippen molar-refractivity contribution in [3.05, 3.63) is 35.4 Å². The molecule has 1 aliphatic heterocycles. The average Bonchev–Trinajstić information content (AvgIpc) is 2.94. The van der Waals surface area contributed by atoms with Crippen LogP contribution in [0.25, 0.3) is 0 Å². The molecule has 0 bridgehead atoms. The second-order valence-electron chi connectivity index (χ2n) is 5.40. The fraction of sp³-hybridized carbons (Fsp3) is 0.533. The van der Waals surface area contributed by atoms with Crippen molar-refractivity contribution in [2.75, 3.05) is 13.1 Å². The molecule has 21 heavy (non-hydrogen) atoms. The van der Waals surface area contributed by atoms with Gasteiger partial charge in [0, 0.05) is 13.1 Å². The zero-order valence-corrected chi connectivity index (χ0v) is 11.9. The second-order valence-corrected chi connectivity index (χ2v) is 5.40. The van der Waals surface area contributed by atoms with Gasteiger partial charge in [0.15, 0.2) is 0 Å². The standard InChI is InChI=1S/C15H19F3N2O/c1-2-14(7-8-19-10-14)13(21)20-9-11-5-3-4-6-12(11)15(16,17)18/h3-6,19H,2,7-10H2,1H3,(H,20,21). The van der Waals surface area contributed by atoms with Gasteiger partial charge in [-0.3, -0.25) is 4.79 Å². The minimum atomic E-state index is -4.40. The Kier molecular flexibility index (Phi) is 4.56. The normalized spacial score (nSPS) is 22.3. The molecule has 1 saturated heterocycles. The molecule has 6 heteroatoms. The molecular formula is C15H19F3N2O. The zero-order valence-electron chi connectivity index (χ0n) is 11.9. The van der Waals surface area contributed by atoms with Crippen LogP contribution in [-0.2, 0) is 17.5 Å². The van der Waals surface area contributed by atoms with E-state index in [0.29, 0.717) is 13.0 Å². The summed E-state index contributed by atoms with van der Waals surface area (Å²) in [4.78, 5) is 12.3. The highest BCUT2D eigenvalue weighted by atomic mass is 19.4. The topological polar surface area (TPSA) is 41.1 Å². The largest absolute Gasteiger partial charge is 0.416 e. The van der Waals surface area contributed by atoms with Crippen LogP contribution in [0, 0.1) is 5.41 Å². The average molecular weight is 300 g/mol. The van der Waals surface area contributed by atoms with E-state index in [1.807, 2.05) is 6.92 Å². The van der Waals surface area contributed by atoms with Crippen LogP contribution in [0.4, 0.5) is 13.2 Å². The number of hydrogen-bond acceptors (Lipinski definition) is 2. The number of carbonyl (C=O) groups excluding carboxylic acids is 1. The monoisotopic (exact) mass is 300 g/mol. The number of rotatable bonds is 4. The number of amides is 1. The minimum Gasteiger partial charge on any atom is -0.351 e. The predicted octanol–water partition coefficient (Wildman–Crippen LogP) is 2.71. The molecule has 0 radical (unpaired) electrons. The molecular weight excluding hydrogens is 281 g/mol. The van der Waals surface area contributed by atoms with Gasteiger partial charge < -0.3 is 10.6 Å². The van der Waals surface area contributed by atoms with Crippen molar-refractivity contribution in [1.29, 1.82) is 0 Å². The Bertz CT molecular complexity index is 508. The van der Waals surface area contributed by atoms with Crippen LogP contribution in [0.3, 0.4) is 0 Å². The summed E-state index contributed by atoms with van der Waals surface area (Å²) < 4.78 is 38.7. The van der Waals surface area contributed by atoms with Crippen molar-refractivity contribution in [3.63, 3.8) is 0 Å². The maximum atomic E-state index is 12.9. The molecule has 1 heterocycles. The van der Waals surface area contributed by atoms with Gasteiger partial charge in [-0.25, -0.2) is 0 Å². The summed E-state index contributed by atoms with van der Waals surface area (Å²) in [6.07, 6.45) is -3.01. The van der Waals surface area contributed by atoms with E-state index in [9.17, 15) is 18.0 Å². The Morgan fingerprint density at radius 1 is 1.38 bits per heavy atom. The fourth-order valence-electron chi connectivity index (χ4n) is 2.71. The molecule has 1 fully saturated rings. The molecule has 1 aliphatic rings. The van der Waals surface area contributed by atoms with Crippen LogP contribution >= 0.6 is 0 Å². The molecule has 1 atom stereocenters. The summed E-state index contributed by atoms with van der Waals surface area (Å²) in [5.74, 6) is -0.174. The molecule has 1 aromatic rings. The highest BCUT2D eigenvalue weighted by Crippen LogP contribution is 2.32. The molecule has 1 aromatic carbocycles. The molecule has 2 rings (SSSR count). The second kappa shape index (κ2) is 6.05. The highest BCUT2D eigenvalue weighted by molar-refractivity contribution is 5.83. The molecule has 116 valence electrons. The molecule has 2 N–H and O–H groups in total. The first kappa shape index (κ1) is 15.8. The van der Waals surface area contributed by atoms with Crippen molar-refractivity contribution in [2.45, 2.75) is 32.5 Å². The minimum absolute atomic E-state index is 0.0931. The summed E-state index contributed by atoms with van der Waals surface area (Å²) in [6, 6.07) is 5.33. The Labute approximate surface area is 121 Å². The van der Waals surface area contributed by atoms with Crippen LogP contribution in [0.1, 0.15) is 30.9 Å². The van der Waals surface area contributed by atoms with E-state index in [1.54, 1.807) is 6.07 Å². The lowest BCUT2D eigenvalue weighted by Gasteiger charge is -2.25. The lowest BCUT2D eigenvalue weighted by molar-refractivity contribution is -0.138. The van der Waals surface area contributed by atoms with Gasteiger partial charge in [0.2, 0.25) is 5.91 Å². The Morgan fingerprint density at radius 2 is 2.10 bits per heavy atom. The first-order valence-electron chi connectivity index (χ1n) is 7.03. The number of carbonyl (C=O) groups is 1. The smallest absolute Gasteiger partial charge is 0.351 e. The Balaban J connectivity index is 2.08. The molecule has 0 saturated carbocycles. The van der Waals surface area contributed by atoms with Crippen molar-refractivity contribution >= 4 is 5.91 Å². The van der Waals surface area contributed by atoms with E-state index in [2.05, 4.69) is 10.6 Å². The third kappa shape index (κ3) is 3.37. The third-order valence-corrected chi connectivity index (χ3v) is 4.16. The van der Waals surface area contributed by atoms with E-state index in [4.69, 9.17) is 0 Å². The van der Waals surface area contributed by atoms with E-state index in [0.717, 1.165) is 19.0 Å². The highest BCUT2D eigenvalue weighted by Gasteiger charge is 2.39. The zero-order chi connectivity index (χ0) is 15.5. The van der Waals surface area contributed by atoms with E-state index in [1.165, 1.54) is 12.1 Å². The van der Waals surface area contributed by atoms with Gasteiger partial charge in [0.25, 0.3) is 0 Å². The summed E-state index contributed by atoms with van der Waals surface area (Å²) in [5, 5.41) is 5.80. The van der Waals surface area contributed by atoms with Gasteiger partial charge in [0.05, 0.1) is 11.0 Å². The van der Waals surface area contributed by atoms with Crippen molar-refractivity contribution < 1.29 is 18.0 Å². The fourth-order valence-corrected chi connectivity index (χ4v) is 2.71. The number of benzene rings is 1.